The minimum atomic E-state index is -0.459. The van der Waals surface area contributed by atoms with Crippen LogP contribution in [0.1, 0.15) is 9.67 Å². The number of carbonyl (C=O) groups excluding carboxylic acids is 1. The molecule has 3 aromatic heterocycles. The van der Waals surface area contributed by atoms with E-state index in [4.69, 9.17) is 5.73 Å². The van der Waals surface area contributed by atoms with Crippen molar-refractivity contribution < 1.29 is 9.53 Å². The van der Waals surface area contributed by atoms with Gasteiger partial charge in [-0.1, -0.05) is 0 Å². The molecule has 0 aliphatic rings. The van der Waals surface area contributed by atoms with Gasteiger partial charge < -0.3 is 10.5 Å². The molecule has 2 N–H and O–H groups in total. The van der Waals surface area contributed by atoms with E-state index in [1.807, 2.05) is 16.8 Å². The third-order valence-electron chi connectivity index (χ3n) is 2.63. The van der Waals surface area contributed by atoms with Gasteiger partial charge in [-0.25, -0.2) is 14.8 Å². The fourth-order valence-corrected chi connectivity index (χ4v) is 3.25. The maximum atomic E-state index is 11.6. The number of hydrogen-bond donors (Lipinski definition) is 1. The molecule has 0 bridgehead atoms. The summed E-state index contributed by atoms with van der Waals surface area (Å²) < 4.78 is 4.69. The number of hydrogen-bond acceptors (Lipinski definition) is 7. The van der Waals surface area contributed by atoms with Gasteiger partial charge in [0, 0.05) is 10.9 Å². The Labute approximate surface area is 116 Å². The molecule has 7 heteroatoms. The number of aromatic nitrogens is 2. The number of esters is 1. The fourth-order valence-electron chi connectivity index (χ4n) is 1.68. The minimum Gasteiger partial charge on any atom is -0.465 e. The Morgan fingerprint density at radius 3 is 3.00 bits per heavy atom. The zero-order valence-corrected chi connectivity index (χ0v) is 11.5. The smallest absolute Gasteiger partial charge is 0.350 e. The molecule has 0 aromatic carbocycles. The van der Waals surface area contributed by atoms with Crippen molar-refractivity contribution >= 4 is 44.7 Å². The largest absolute Gasteiger partial charge is 0.465 e. The van der Waals surface area contributed by atoms with Crippen molar-refractivity contribution in [2.45, 2.75) is 0 Å². The quantitative estimate of drug-likeness (QED) is 0.734. The van der Waals surface area contributed by atoms with Gasteiger partial charge in [0.2, 0.25) is 0 Å². The molecule has 0 atom stereocenters. The lowest BCUT2D eigenvalue weighted by Crippen LogP contribution is -2.01. The number of nitrogens with two attached hydrogens (primary N) is 1. The van der Waals surface area contributed by atoms with Crippen LogP contribution >= 0.6 is 22.7 Å². The van der Waals surface area contributed by atoms with Crippen LogP contribution in [0.15, 0.2) is 23.0 Å². The van der Waals surface area contributed by atoms with Gasteiger partial charge in [-0.3, -0.25) is 0 Å². The normalized spacial score (nSPS) is 10.8. The molecule has 0 saturated heterocycles. The van der Waals surface area contributed by atoms with E-state index in [0.29, 0.717) is 20.9 Å². The number of thiophene rings is 2. The summed E-state index contributed by atoms with van der Waals surface area (Å²) in [5, 5.41) is 3.96. The molecule has 0 radical (unpaired) electrons. The molecule has 0 fully saturated rings. The monoisotopic (exact) mass is 291 g/mol. The van der Waals surface area contributed by atoms with Crippen molar-refractivity contribution in [2.75, 3.05) is 12.8 Å². The van der Waals surface area contributed by atoms with Crippen LogP contribution in [0.5, 0.6) is 0 Å². The average Bonchev–Trinajstić information content (AvgIpc) is 3.06. The second-order valence-electron chi connectivity index (χ2n) is 3.76. The van der Waals surface area contributed by atoms with Crippen molar-refractivity contribution in [3.05, 3.63) is 27.9 Å². The molecule has 0 spiro atoms. The molecule has 96 valence electrons. The highest BCUT2D eigenvalue weighted by atomic mass is 32.1. The molecule has 5 nitrogen and oxygen atoms in total. The Balaban J connectivity index is 2.18. The van der Waals surface area contributed by atoms with Gasteiger partial charge in [0.15, 0.2) is 0 Å². The molecule has 0 unspecified atom stereocenters. The second-order valence-corrected chi connectivity index (χ2v) is 5.54. The molecule has 3 rings (SSSR count). The lowest BCUT2D eigenvalue weighted by molar-refractivity contribution is 0.0607. The van der Waals surface area contributed by atoms with Crippen molar-refractivity contribution in [3.8, 4) is 11.3 Å². The molecular weight excluding hydrogens is 282 g/mol. The summed E-state index contributed by atoms with van der Waals surface area (Å²) in [5.74, 6) is -0.459. The Bertz CT molecular complexity index is 750. The van der Waals surface area contributed by atoms with Gasteiger partial charge in [0.05, 0.1) is 24.7 Å². The van der Waals surface area contributed by atoms with E-state index in [9.17, 15) is 4.79 Å². The highest BCUT2D eigenvalue weighted by Gasteiger charge is 2.19. The zero-order chi connectivity index (χ0) is 13.4. The van der Waals surface area contributed by atoms with E-state index in [-0.39, 0.29) is 0 Å². The highest BCUT2D eigenvalue weighted by Crippen LogP contribution is 2.33. The van der Waals surface area contributed by atoms with E-state index in [0.717, 1.165) is 11.3 Å². The van der Waals surface area contributed by atoms with Crippen LogP contribution < -0.4 is 5.73 Å². The topological polar surface area (TPSA) is 78.1 Å². The number of ether oxygens (including phenoxy) is 1. The summed E-state index contributed by atoms with van der Waals surface area (Å²) in [4.78, 5) is 21.3. The van der Waals surface area contributed by atoms with Crippen LogP contribution in [0, 0.1) is 0 Å². The first-order valence-corrected chi connectivity index (χ1v) is 7.12. The van der Waals surface area contributed by atoms with Gasteiger partial charge in [0.1, 0.15) is 15.2 Å². The number of methoxy groups -OCH3 is 1. The van der Waals surface area contributed by atoms with E-state index in [2.05, 4.69) is 14.7 Å². The van der Waals surface area contributed by atoms with Gasteiger partial charge in [-0.2, -0.15) is 11.3 Å². The molecule has 0 amide bonds. The van der Waals surface area contributed by atoms with Crippen LogP contribution in [0.4, 0.5) is 5.69 Å². The Morgan fingerprint density at radius 1 is 1.47 bits per heavy atom. The summed E-state index contributed by atoms with van der Waals surface area (Å²) in [6.45, 7) is 0. The zero-order valence-electron chi connectivity index (χ0n) is 9.91. The molecule has 3 heterocycles. The first-order valence-electron chi connectivity index (χ1n) is 5.36. The highest BCUT2D eigenvalue weighted by molar-refractivity contribution is 7.21. The molecule has 0 saturated carbocycles. The number of rotatable bonds is 2. The molecule has 19 heavy (non-hydrogen) atoms. The van der Waals surface area contributed by atoms with Crippen molar-refractivity contribution in [2.24, 2.45) is 0 Å². The SMILES string of the molecule is COC(=O)c1sc2ncc(-c3ccsc3)nc2c1N. The Kier molecular flexibility index (Phi) is 2.92. The van der Waals surface area contributed by atoms with Crippen LogP contribution in [0.2, 0.25) is 0 Å². The van der Waals surface area contributed by atoms with Crippen LogP contribution in [-0.2, 0) is 4.74 Å². The third kappa shape index (κ3) is 1.96. The lowest BCUT2D eigenvalue weighted by atomic mass is 10.2. The van der Waals surface area contributed by atoms with Gasteiger partial charge in [-0.15, -0.1) is 11.3 Å². The van der Waals surface area contributed by atoms with Crippen LogP contribution in [-0.4, -0.2) is 23.0 Å². The number of carbonyl (C=O) groups is 1. The number of nitrogen functional groups attached to an aromatic ring is 1. The third-order valence-corrected chi connectivity index (χ3v) is 4.39. The van der Waals surface area contributed by atoms with Crippen molar-refractivity contribution in [1.29, 1.82) is 0 Å². The van der Waals surface area contributed by atoms with E-state index < -0.39 is 5.97 Å². The predicted molar refractivity (Wildman–Crippen MR) is 76.5 cm³/mol. The summed E-state index contributed by atoms with van der Waals surface area (Å²) in [7, 11) is 1.32. The summed E-state index contributed by atoms with van der Waals surface area (Å²) in [5.41, 5.74) is 8.56. The number of fused-ring (bicyclic) bond motifs is 1. The van der Waals surface area contributed by atoms with Crippen molar-refractivity contribution in [1.82, 2.24) is 9.97 Å². The fraction of sp³-hybridized carbons (Fsp3) is 0.0833. The van der Waals surface area contributed by atoms with Gasteiger partial charge >= 0.3 is 5.97 Å². The molecule has 0 aliphatic heterocycles. The maximum Gasteiger partial charge on any atom is 0.350 e. The second kappa shape index (κ2) is 4.60. The summed E-state index contributed by atoms with van der Waals surface area (Å²) in [6, 6.07) is 1.96. The van der Waals surface area contributed by atoms with Crippen molar-refractivity contribution in [3.63, 3.8) is 0 Å². The lowest BCUT2D eigenvalue weighted by Gasteiger charge is -1.97. The van der Waals surface area contributed by atoms with Gasteiger partial charge in [0.25, 0.3) is 0 Å². The maximum absolute atomic E-state index is 11.6. The number of nitrogens with zero attached hydrogens (tertiary/aromatic N) is 2. The standard InChI is InChI=1S/C12H9N3O2S2/c1-17-12(16)10-8(13)9-11(19-10)14-4-7(15-9)6-2-3-18-5-6/h2-5H,13H2,1H3. The Hall–Kier alpha value is -1.99. The first kappa shape index (κ1) is 12.1. The van der Waals surface area contributed by atoms with Crippen LogP contribution in [0.25, 0.3) is 21.6 Å². The summed E-state index contributed by atoms with van der Waals surface area (Å²) in [6.07, 6.45) is 1.68. The Morgan fingerprint density at radius 2 is 2.32 bits per heavy atom. The number of anilines is 1. The molecular formula is C12H9N3O2S2. The molecule has 0 aliphatic carbocycles. The van der Waals surface area contributed by atoms with E-state index in [1.165, 1.54) is 18.4 Å². The first-order chi connectivity index (χ1) is 9.20. The minimum absolute atomic E-state index is 0.330. The molecule has 3 aromatic rings. The van der Waals surface area contributed by atoms with Crippen LogP contribution in [0.3, 0.4) is 0 Å². The van der Waals surface area contributed by atoms with Gasteiger partial charge in [-0.05, 0) is 11.4 Å². The average molecular weight is 291 g/mol. The predicted octanol–water partition coefficient (Wildman–Crippen LogP) is 2.79. The summed E-state index contributed by atoms with van der Waals surface area (Å²) >= 11 is 2.78. The van der Waals surface area contributed by atoms with E-state index >= 15 is 0 Å². The van der Waals surface area contributed by atoms with E-state index in [1.54, 1.807) is 17.5 Å².